The lowest BCUT2D eigenvalue weighted by Crippen LogP contribution is -2.46. The zero-order valence-corrected chi connectivity index (χ0v) is 16.1. The maximum Gasteiger partial charge on any atom is 0.221 e. The number of carbonyl (C=O) groups excluding carboxylic acids is 1. The van der Waals surface area contributed by atoms with Gasteiger partial charge in [-0.25, -0.2) is 0 Å². The zero-order chi connectivity index (χ0) is 17.8. The van der Waals surface area contributed by atoms with E-state index in [0.29, 0.717) is 25.0 Å². The third-order valence-corrected chi connectivity index (χ3v) is 3.88. The molecule has 0 radical (unpaired) electrons. The number of aliphatic imine (C=N–C) groups is 1. The number of guanidine groups is 1. The molecule has 0 rings (SSSR count). The molecule has 0 aromatic heterocycles. The van der Waals surface area contributed by atoms with E-state index >= 15 is 0 Å². The summed E-state index contributed by atoms with van der Waals surface area (Å²) >= 11 is 0. The average Bonchev–Trinajstić information content (AvgIpc) is 2.48. The van der Waals surface area contributed by atoms with Gasteiger partial charge in [-0.3, -0.25) is 14.7 Å². The Balaban J connectivity index is 4.02. The maximum absolute atomic E-state index is 11.7. The maximum atomic E-state index is 11.7. The smallest absolute Gasteiger partial charge is 0.221 e. The molecule has 0 aromatic rings. The minimum atomic E-state index is 0.0769. The molecule has 0 bridgehead atoms. The van der Waals surface area contributed by atoms with Crippen molar-refractivity contribution in [3.8, 4) is 0 Å². The van der Waals surface area contributed by atoms with Crippen LogP contribution in [0.25, 0.3) is 0 Å². The highest BCUT2D eigenvalue weighted by Crippen LogP contribution is 2.03. The minimum absolute atomic E-state index is 0.0769. The summed E-state index contributed by atoms with van der Waals surface area (Å²) in [5.41, 5.74) is 0. The molecule has 1 unspecified atom stereocenters. The summed E-state index contributed by atoms with van der Waals surface area (Å²) in [5.74, 6) is 0.821. The van der Waals surface area contributed by atoms with Gasteiger partial charge in [-0.05, 0) is 41.0 Å². The fourth-order valence-electron chi connectivity index (χ4n) is 2.38. The molecule has 6 nitrogen and oxygen atoms in total. The molecule has 0 saturated heterocycles. The van der Waals surface area contributed by atoms with Gasteiger partial charge in [0.25, 0.3) is 0 Å². The molecular formula is C17H37N5O. The highest BCUT2D eigenvalue weighted by molar-refractivity contribution is 5.81. The number of hydrogen-bond donors (Lipinski definition) is 3. The molecule has 3 N–H and O–H groups in total. The van der Waals surface area contributed by atoms with Gasteiger partial charge in [0.2, 0.25) is 5.91 Å². The second kappa shape index (κ2) is 12.2. The molecule has 136 valence electrons. The molecule has 0 aromatic carbocycles. The first-order chi connectivity index (χ1) is 10.8. The molecule has 6 heteroatoms. The van der Waals surface area contributed by atoms with Crippen LogP contribution in [0.2, 0.25) is 0 Å². The highest BCUT2D eigenvalue weighted by atomic mass is 16.1. The van der Waals surface area contributed by atoms with Crippen molar-refractivity contribution in [1.82, 2.24) is 20.9 Å². The molecule has 0 aliphatic heterocycles. The van der Waals surface area contributed by atoms with Crippen LogP contribution < -0.4 is 16.0 Å². The van der Waals surface area contributed by atoms with Gasteiger partial charge in [-0.2, -0.15) is 0 Å². The van der Waals surface area contributed by atoms with E-state index < -0.39 is 0 Å². The van der Waals surface area contributed by atoms with E-state index in [4.69, 9.17) is 0 Å². The van der Waals surface area contributed by atoms with Crippen molar-refractivity contribution in [2.24, 2.45) is 4.99 Å². The van der Waals surface area contributed by atoms with E-state index in [-0.39, 0.29) is 11.9 Å². The first-order valence-corrected chi connectivity index (χ1v) is 8.81. The average molecular weight is 328 g/mol. The fraction of sp³-hybridized carbons (Fsp3) is 0.882. The summed E-state index contributed by atoms with van der Waals surface area (Å²) < 4.78 is 0. The van der Waals surface area contributed by atoms with Gasteiger partial charge in [0.1, 0.15) is 0 Å². The van der Waals surface area contributed by atoms with E-state index in [1.165, 1.54) is 0 Å². The van der Waals surface area contributed by atoms with Crippen molar-refractivity contribution in [1.29, 1.82) is 0 Å². The quantitative estimate of drug-likeness (QED) is 0.421. The molecule has 0 spiro atoms. The van der Waals surface area contributed by atoms with E-state index in [0.717, 1.165) is 25.5 Å². The van der Waals surface area contributed by atoms with E-state index in [1.807, 2.05) is 6.92 Å². The Hall–Kier alpha value is -1.30. The SMILES string of the molecule is CCC(C)NC(=O)CCNC(=NC)NCCN(C(C)C)C(C)C. The molecular weight excluding hydrogens is 290 g/mol. The Morgan fingerprint density at radius 1 is 1.04 bits per heavy atom. The van der Waals surface area contributed by atoms with Crippen LogP contribution in [0.15, 0.2) is 4.99 Å². The van der Waals surface area contributed by atoms with Crippen LogP contribution in [-0.4, -0.2) is 61.6 Å². The molecule has 0 fully saturated rings. The van der Waals surface area contributed by atoms with E-state index in [2.05, 4.69) is 60.5 Å². The van der Waals surface area contributed by atoms with Crippen molar-refractivity contribution in [3.63, 3.8) is 0 Å². The number of carbonyl (C=O) groups is 1. The monoisotopic (exact) mass is 327 g/mol. The van der Waals surface area contributed by atoms with Crippen molar-refractivity contribution >= 4 is 11.9 Å². The largest absolute Gasteiger partial charge is 0.356 e. The fourth-order valence-corrected chi connectivity index (χ4v) is 2.38. The summed E-state index contributed by atoms with van der Waals surface area (Å²) in [5, 5.41) is 9.44. The second-order valence-corrected chi connectivity index (χ2v) is 6.48. The van der Waals surface area contributed by atoms with Crippen LogP contribution in [0.4, 0.5) is 0 Å². The van der Waals surface area contributed by atoms with Crippen LogP contribution in [-0.2, 0) is 4.79 Å². The minimum Gasteiger partial charge on any atom is -0.356 e. The normalized spacial score (nSPS) is 13.6. The summed E-state index contributed by atoms with van der Waals surface area (Å²) in [6, 6.07) is 1.28. The van der Waals surface area contributed by atoms with Gasteiger partial charge in [-0.15, -0.1) is 0 Å². The Bertz CT molecular complexity index is 347. The van der Waals surface area contributed by atoms with Crippen LogP contribution in [0.5, 0.6) is 0 Å². The zero-order valence-electron chi connectivity index (χ0n) is 16.1. The Kier molecular flexibility index (Phi) is 11.5. The van der Waals surface area contributed by atoms with Crippen LogP contribution in [0, 0.1) is 0 Å². The first-order valence-electron chi connectivity index (χ1n) is 8.81. The molecule has 0 heterocycles. The predicted octanol–water partition coefficient (Wildman–Crippen LogP) is 1.58. The summed E-state index contributed by atoms with van der Waals surface area (Å²) in [4.78, 5) is 18.3. The van der Waals surface area contributed by atoms with Gasteiger partial charge in [-0.1, -0.05) is 6.92 Å². The molecule has 0 aliphatic carbocycles. The molecule has 1 amide bonds. The van der Waals surface area contributed by atoms with Crippen molar-refractivity contribution < 1.29 is 4.79 Å². The highest BCUT2D eigenvalue weighted by Gasteiger charge is 2.12. The van der Waals surface area contributed by atoms with Gasteiger partial charge in [0.15, 0.2) is 5.96 Å². The predicted molar refractivity (Wildman–Crippen MR) is 98.9 cm³/mol. The third kappa shape index (κ3) is 10.2. The first kappa shape index (κ1) is 21.7. The van der Waals surface area contributed by atoms with Crippen LogP contribution in [0.3, 0.4) is 0 Å². The number of nitrogens with zero attached hydrogens (tertiary/aromatic N) is 2. The second-order valence-electron chi connectivity index (χ2n) is 6.48. The summed E-state index contributed by atoms with van der Waals surface area (Å²) in [7, 11) is 1.75. The standard InChI is InChI=1S/C17H37N5O/c1-8-15(6)21-16(23)9-10-19-17(18-7)20-11-12-22(13(2)3)14(4)5/h13-15H,8-12H2,1-7H3,(H,21,23)(H2,18,19,20). The molecule has 0 saturated carbocycles. The summed E-state index contributed by atoms with van der Waals surface area (Å²) in [6.45, 7) is 15.3. The third-order valence-electron chi connectivity index (χ3n) is 3.88. The lowest BCUT2D eigenvalue weighted by molar-refractivity contribution is -0.121. The molecule has 0 aliphatic rings. The number of nitrogens with one attached hydrogen (secondary N) is 3. The van der Waals surface area contributed by atoms with E-state index in [9.17, 15) is 4.79 Å². The van der Waals surface area contributed by atoms with Crippen molar-refractivity contribution in [2.75, 3.05) is 26.7 Å². The Morgan fingerprint density at radius 2 is 1.61 bits per heavy atom. The van der Waals surface area contributed by atoms with Gasteiger partial charge in [0.05, 0.1) is 0 Å². The Labute approximate surface area is 142 Å². The number of rotatable bonds is 10. The van der Waals surface area contributed by atoms with Crippen LogP contribution >= 0.6 is 0 Å². The van der Waals surface area contributed by atoms with Crippen molar-refractivity contribution in [2.45, 2.75) is 72.5 Å². The summed E-state index contributed by atoms with van der Waals surface area (Å²) in [6.07, 6.45) is 1.40. The van der Waals surface area contributed by atoms with Gasteiger partial charge >= 0.3 is 0 Å². The van der Waals surface area contributed by atoms with E-state index in [1.54, 1.807) is 7.05 Å². The lowest BCUT2D eigenvalue weighted by Gasteiger charge is -2.30. The van der Waals surface area contributed by atoms with Gasteiger partial charge in [0, 0.05) is 51.2 Å². The Morgan fingerprint density at radius 3 is 2.09 bits per heavy atom. The van der Waals surface area contributed by atoms with Crippen molar-refractivity contribution in [3.05, 3.63) is 0 Å². The number of hydrogen-bond acceptors (Lipinski definition) is 3. The number of amides is 1. The lowest BCUT2D eigenvalue weighted by atomic mass is 10.2. The van der Waals surface area contributed by atoms with Gasteiger partial charge < -0.3 is 16.0 Å². The topological polar surface area (TPSA) is 68.8 Å². The molecule has 23 heavy (non-hydrogen) atoms. The van der Waals surface area contributed by atoms with Crippen LogP contribution in [0.1, 0.15) is 54.4 Å². The molecule has 1 atom stereocenters.